The van der Waals surface area contributed by atoms with Crippen molar-refractivity contribution in [1.82, 2.24) is 0 Å². The number of carbonyl (C=O) groups excluding carboxylic acids is 2. The van der Waals surface area contributed by atoms with E-state index in [1.165, 1.54) is 0 Å². The number of carbonyl (C=O) groups is 3. The van der Waals surface area contributed by atoms with E-state index in [9.17, 15) is 14.4 Å². The maximum Gasteiger partial charge on any atom is 0.341 e. The van der Waals surface area contributed by atoms with Crippen LogP contribution in [-0.4, -0.2) is 27.6 Å². The van der Waals surface area contributed by atoms with Crippen molar-refractivity contribution in [2.75, 3.05) is 0 Å². The van der Waals surface area contributed by atoms with E-state index >= 15 is 0 Å². The summed E-state index contributed by atoms with van der Waals surface area (Å²) in [6.07, 6.45) is 0.0544. The number of ether oxygens (including phenoxy) is 1. The molecule has 1 aliphatic heterocycles. The molecular formula is C7H8O5S2. The maximum absolute atomic E-state index is 10.2. The summed E-state index contributed by atoms with van der Waals surface area (Å²) in [6.45, 7) is 3.29. The fourth-order valence-electron chi connectivity index (χ4n) is 0.458. The molecule has 5 nitrogen and oxygen atoms in total. The van der Waals surface area contributed by atoms with Gasteiger partial charge < -0.3 is 9.84 Å². The second kappa shape index (κ2) is 5.71. The van der Waals surface area contributed by atoms with Gasteiger partial charge in [0, 0.05) is 5.57 Å². The molecule has 1 aliphatic rings. The summed E-state index contributed by atoms with van der Waals surface area (Å²) in [6, 6.07) is 0. The van der Waals surface area contributed by atoms with Crippen molar-refractivity contribution in [1.29, 1.82) is 0 Å². The fourth-order valence-corrected chi connectivity index (χ4v) is 0.458. The van der Waals surface area contributed by atoms with Crippen LogP contribution in [0.3, 0.4) is 0 Å². The van der Waals surface area contributed by atoms with Crippen molar-refractivity contribution < 1.29 is 24.2 Å². The molecule has 0 atom stereocenters. The van der Waals surface area contributed by atoms with E-state index in [0.717, 1.165) is 0 Å². The molecule has 0 aromatic heterocycles. The van der Waals surface area contributed by atoms with Gasteiger partial charge in [-0.15, -0.1) is 0 Å². The van der Waals surface area contributed by atoms with Crippen molar-refractivity contribution in [3.63, 3.8) is 0 Å². The van der Waals surface area contributed by atoms with Gasteiger partial charge in [0.05, 0.1) is 6.42 Å². The van der Waals surface area contributed by atoms with Gasteiger partial charge in [-0.25, -0.2) is 4.79 Å². The van der Waals surface area contributed by atoms with Gasteiger partial charge in [0.1, 0.15) is 4.58 Å². The first kappa shape index (κ1) is 13.0. The molecule has 1 fully saturated rings. The van der Waals surface area contributed by atoms with E-state index in [0.29, 0.717) is 0 Å². The van der Waals surface area contributed by atoms with Crippen LogP contribution in [0.25, 0.3) is 0 Å². The quantitative estimate of drug-likeness (QED) is 0.200. The van der Waals surface area contributed by atoms with Gasteiger partial charge in [-0.05, 0) is 0 Å². The van der Waals surface area contributed by atoms with Crippen LogP contribution in [0.15, 0.2) is 12.2 Å². The van der Waals surface area contributed by atoms with E-state index in [1.54, 1.807) is 0 Å². The van der Waals surface area contributed by atoms with E-state index < -0.39 is 22.5 Å². The molecule has 14 heavy (non-hydrogen) atoms. The van der Waals surface area contributed by atoms with Crippen molar-refractivity contribution in [3.05, 3.63) is 12.2 Å². The first-order valence-electron chi connectivity index (χ1n) is 3.36. The Bertz CT molecular complexity index is 266. The highest BCUT2D eigenvalue weighted by Gasteiger charge is 2.24. The van der Waals surface area contributed by atoms with E-state index in [-0.39, 0.29) is 12.0 Å². The zero-order chi connectivity index (χ0) is 11.3. The molecule has 1 rings (SSSR count). The maximum atomic E-state index is 10.2. The summed E-state index contributed by atoms with van der Waals surface area (Å²) < 4.78 is 3.25. The number of carboxylic acids is 1. The lowest BCUT2D eigenvalue weighted by Crippen LogP contribution is -2.04. The van der Waals surface area contributed by atoms with Gasteiger partial charge in [0.15, 0.2) is 0 Å². The van der Waals surface area contributed by atoms with Gasteiger partial charge in [0.2, 0.25) is 0 Å². The second-order valence-electron chi connectivity index (χ2n) is 2.25. The van der Waals surface area contributed by atoms with Gasteiger partial charge in [-0.3, -0.25) is 9.59 Å². The van der Waals surface area contributed by atoms with Crippen molar-refractivity contribution in [2.24, 2.45) is 0 Å². The molecule has 0 saturated carbocycles. The van der Waals surface area contributed by atoms with Gasteiger partial charge in [0.25, 0.3) is 0 Å². The Kier molecular flexibility index (Phi) is 5.32. The lowest BCUT2D eigenvalue weighted by atomic mass is 10.3. The average Bonchev–Trinajstić information content (AvgIpc) is 2.30. The Balaban J connectivity index is 0.000000255. The molecule has 0 bridgehead atoms. The van der Waals surface area contributed by atoms with Crippen LogP contribution < -0.4 is 0 Å². The van der Waals surface area contributed by atoms with Crippen LogP contribution in [0.5, 0.6) is 0 Å². The van der Waals surface area contributed by atoms with E-state index in [1.807, 2.05) is 0 Å². The molecular weight excluding hydrogens is 228 g/mol. The molecule has 0 aromatic rings. The zero-order valence-electron chi connectivity index (χ0n) is 6.97. The summed E-state index contributed by atoms with van der Waals surface area (Å²) in [5.41, 5.74) is 0.245. The Morgan fingerprint density at radius 2 is 1.93 bits per heavy atom. The monoisotopic (exact) mass is 236 g/mol. The van der Waals surface area contributed by atoms with Crippen LogP contribution in [0.1, 0.15) is 6.42 Å². The molecule has 1 saturated heterocycles. The molecule has 7 heteroatoms. The Hall–Kier alpha value is -0.950. The van der Waals surface area contributed by atoms with Crippen molar-refractivity contribution >= 4 is 43.2 Å². The van der Waals surface area contributed by atoms with Crippen LogP contribution in [-0.2, 0) is 19.1 Å². The molecule has 1 heterocycles. The topological polar surface area (TPSA) is 80.7 Å². The normalized spacial score (nSPS) is 14.9. The molecule has 0 radical (unpaired) electrons. The number of rotatable bonds is 1. The lowest BCUT2D eigenvalue weighted by Gasteiger charge is -1.87. The SMILES string of the molecule is C=C1CC(=O)OC1=O.O=C(O)C(S)S. The third-order valence-corrected chi connectivity index (χ3v) is 1.52. The smallest absolute Gasteiger partial charge is 0.341 e. The minimum Gasteiger partial charge on any atom is -0.480 e. The Morgan fingerprint density at radius 3 is 2.00 bits per heavy atom. The van der Waals surface area contributed by atoms with Crippen LogP contribution in [0.2, 0.25) is 0 Å². The lowest BCUT2D eigenvalue weighted by molar-refractivity contribution is -0.151. The number of thiol groups is 2. The largest absolute Gasteiger partial charge is 0.480 e. The van der Waals surface area contributed by atoms with Crippen molar-refractivity contribution in [3.8, 4) is 0 Å². The Labute approximate surface area is 90.9 Å². The van der Waals surface area contributed by atoms with Crippen LogP contribution >= 0.6 is 25.3 Å². The molecule has 0 aliphatic carbocycles. The molecule has 0 unspecified atom stereocenters. The molecule has 1 N–H and O–H groups in total. The first-order chi connectivity index (χ1) is 6.34. The standard InChI is InChI=1S/C5H4O3.C2H4O2S2/c1-3-2-4(6)8-5(3)7;3-1(4)2(5)6/h1-2H2;2,5-6H,(H,3,4). The van der Waals surface area contributed by atoms with Crippen molar-refractivity contribution in [2.45, 2.75) is 11.0 Å². The number of hydrogen-bond donors (Lipinski definition) is 3. The zero-order valence-corrected chi connectivity index (χ0v) is 8.76. The second-order valence-corrected chi connectivity index (χ2v) is 3.69. The van der Waals surface area contributed by atoms with E-state index in [4.69, 9.17) is 5.11 Å². The predicted octanol–water partition coefficient (Wildman–Crippen LogP) is 0.273. The predicted molar refractivity (Wildman–Crippen MR) is 54.3 cm³/mol. The number of esters is 2. The fraction of sp³-hybridized carbons (Fsp3) is 0.286. The Morgan fingerprint density at radius 1 is 1.50 bits per heavy atom. The molecule has 0 aromatic carbocycles. The summed E-state index contributed by atoms with van der Waals surface area (Å²) in [5.74, 6) is -2.10. The molecule has 78 valence electrons. The van der Waals surface area contributed by atoms with Gasteiger partial charge >= 0.3 is 17.9 Å². The van der Waals surface area contributed by atoms with Crippen LogP contribution in [0, 0.1) is 0 Å². The third kappa shape index (κ3) is 4.93. The number of hydrogen-bond acceptors (Lipinski definition) is 6. The average molecular weight is 236 g/mol. The minimum atomic E-state index is -1.01. The third-order valence-electron chi connectivity index (χ3n) is 1.07. The summed E-state index contributed by atoms with van der Waals surface area (Å²) >= 11 is 6.92. The highest BCUT2D eigenvalue weighted by atomic mass is 32.2. The highest BCUT2D eigenvalue weighted by molar-refractivity contribution is 8.00. The first-order valence-corrected chi connectivity index (χ1v) is 4.39. The minimum absolute atomic E-state index is 0.0544. The number of aliphatic carboxylic acids is 1. The van der Waals surface area contributed by atoms with E-state index in [2.05, 4.69) is 36.6 Å². The summed E-state index contributed by atoms with van der Waals surface area (Å²) in [5, 5.41) is 7.84. The molecule has 0 amide bonds. The van der Waals surface area contributed by atoms with Gasteiger partial charge in [-0.1, -0.05) is 6.58 Å². The summed E-state index contributed by atoms with van der Waals surface area (Å²) in [4.78, 5) is 29.9. The highest BCUT2D eigenvalue weighted by Crippen LogP contribution is 2.10. The molecule has 0 spiro atoms. The number of carboxylic acid groups (broad SMARTS) is 1. The number of cyclic esters (lactones) is 2. The summed E-state index contributed by atoms with van der Waals surface area (Å²) in [7, 11) is 0. The van der Waals surface area contributed by atoms with Gasteiger partial charge in [-0.2, -0.15) is 25.3 Å². The van der Waals surface area contributed by atoms with Crippen LogP contribution in [0.4, 0.5) is 0 Å².